The molecule has 1 saturated heterocycles. The van der Waals surface area contributed by atoms with Crippen LogP contribution in [-0.2, 0) is 4.74 Å². The zero-order chi connectivity index (χ0) is 13.5. The highest BCUT2D eigenvalue weighted by molar-refractivity contribution is 4.81. The summed E-state index contributed by atoms with van der Waals surface area (Å²) in [4.78, 5) is 5.12. The molecular weight excluding hydrogens is 226 g/mol. The molecule has 1 atom stereocenters. The van der Waals surface area contributed by atoms with E-state index in [2.05, 4.69) is 42.8 Å². The molecule has 1 aliphatic rings. The zero-order valence-corrected chi connectivity index (χ0v) is 12.8. The molecule has 1 fully saturated rings. The lowest BCUT2D eigenvalue weighted by molar-refractivity contribution is 0.0398. The lowest BCUT2D eigenvalue weighted by Crippen LogP contribution is -2.55. The van der Waals surface area contributed by atoms with E-state index in [1.165, 1.54) is 13.1 Å². The third kappa shape index (κ3) is 5.22. The van der Waals surface area contributed by atoms with Crippen molar-refractivity contribution in [1.29, 1.82) is 0 Å². The number of piperazine rings is 1. The molecule has 18 heavy (non-hydrogen) atoms. The van der Waals surface area contributed by atoms with E-state index in [4.69, 9.17) is 4.74 Å². The summed E-state index contributed by atoms with van der Waals surface area (Å²) in [5.41, 5.74) is 0. The van der Waals surface area contributed by atoms with Crippen LogP contribution in [-0.4, -0.2) is 74.4 Å². The van der Waals surface area contributed by atoms with Crippen molar-refractivity contribution in [3.63, 3.8) is 0 Å². The highest BCUT2D eigenvalue weighted by Crippen LogP contribution is 2.09. The minimum atomic E-state index is 0.506. The Morgan fingerprint density at radius 2 is 1.56 bits per heavy atom. The van der Waals surface area contributed by atoms with Crippen LogP contribution in [0.2, 0.25) is 0 Å². The van der Waals surface area contributed by atoms with Crippen LogP contribution >= 0.6 is 0 Å². The number of nitrogens with one attached hydrogen (secondary N) is 1. The third-order valence-electron chi connectivity index (χ3n) is 3.72. The van der Waals surface area contributed by atoms with E-state index in [0.717, 1.165) is 26.2 Å². The Kier molecular flexibility index (Phi) is 7.15. The average Bonchev–Trinajstić information content (AvgIpc) is 2.34. The number of nitrogens with zero attached hydrogens (tertiary/aromatic N) is 2. The predicted molar refractivity (Wildman–Crippen MR) is 77.1 cm³/mol. The van der Waals surface area contributed by atoms with Gasteiger partial charge < -0.3 is 10.1 Å². The normalized spacial score (nSPS) is 20.8. The number of hydrogen-bond donors (Lipinski definition) is 1. The zero-order valence-electron chi connectivity index (χ0n) is 12.8. The number of rotatable bonds is 7. The standard InChI is InChI=1S/C14H31N3O/c1-12(2)15-10-14(11-18-5)17-8-6-16(7-9-17)13(3)4/h12-15H,6-11H2,1-5H3. The summed E-state index contributed by atoms with van der Waals surface area (Å²) in [5, 5.41) is 3.53. The lowest BCUT2D eigenvalue weighted by atomic mass is 10.2. The fraction of sp³-hybridized carbons (Fsp3) is 1.00. The maximum atomic E-state index is 5.37. The summed E-state index contributed by atoms with van der Waals surface area (Å²) in [6.45, 7) is 15.5. The van der Waals surface area contributed by atoms with Gasteiger partial charge in [-0.25, -0.2) is 0 Å². The first kappa shape index (κ1) is 15.9. The maximum absolute atomic E-state index is 5.37. The molecule has 0 saturated carbocycles. The Labute approximate surface area is 113 Å². The van der Waals surface area contributed by atoms with Gasteiger partial charge in [-0.05, 0) is 13.8 Å². The molecule has 108 valence electrons. The van der Waals surface area contributed by atoms with Crippen LogP contribution in [0.3, 0.4) is 0 Å². The van der Waals surface area contributed by atoms with Gasteiger partial charge in [0.25, 0.3) is 0 Å². The molecule has 0 bridgehead atoms. The second-order valence-corrected chi connectivity index (χ2v) is 5.84. The highest BCUT2D eigenvalue weighted by Gasteiger charge is 2.24. The Bertz CT molecular complexity index is 213. The Morgan fingerprint density at radius 1 is 1.00 bits per heavy atom. The van der Waals surface area contributed by atoms with Crippen LogP contribution in [0.4, 0.5) is 0 Å². The third-order valence-corrected chi connectivity index (χ3v) is 3.72. The molecule has 1 N–H and O–H groups in total. The van der Waals surface area contributed by atoms with E-state index in [1.54, 1.807) is 7.11 Å². The van der Waals surface area contributed by atoms with Crippen molar-refractivity contribution in [2.75, 3.05) is 46.4 Å². The van der Waals surface area contributed by atoms with Crippen LogP contribution in [0.5, 0.6) is 0 Å². The van der Waals surface area contributed by atoms with Crippen molar-refractivity contribution in [2.24, 2.45) is 0 Å². The van der Waals surface area contributed by atoms with Crippen LogP contribution in [0.1, 0.15) is 27.7 Å². The van der Waals surface area contributed by atoms with Gasteiger partial charge in [-0.1, -0.05) is 13.8 Å². The number of methoxy groups -OCH3 is 1. The Hall–Kier alpha value is -0.160. The summed E-state index contributed by atoms with van der Waals surface area (Å²) in [6, 6.07) is 1.72. The van der Waals surface area contributed by atoms with Gasteiger partial charge in [-0.2, -0.15) is 0 Å². The van der Waals surface area contributed by atoms with Crippen LogP contribution in [0.25, 0.3) is 0 Å². The molecule has 0 aliphatic carbocycles. The Morgan fingerprint density at radius 3 is 2.00 bits per heavy atom. The first-order valence-electron chi connectivity index (χ1n) is 7.25. The monoisotopic (exact) mass is 257 g/mol. The molecule has 1 heterocycles. The first-order valence-corrected chi connectivity index (χ1v) is 7.25. The van der Waals surface area contributed by atoms with Crippen LogP contribution in [0, 0.1) is 0 Å². The summed E-state index contributed by atoms with van der Waals surface area (Å²) in [7, 11) is 1.80. The van der Waals surface area contributed by atoms with Gasteiger partial charge in [0.15, 0.2) is 0 Å². The topological polar surface area (TPSA) is 27.7 Å². The second-order valence-electron chi connectivity index (χ2n) is 5.84. The number of ether oxygens (including phenoxy) is 1. The molecule has 1 unspecified atom stereocenters. The van der Waals surface area contributed by atoms with Crippen LogP contribution < -0.4 is 5.32 Å². The van der Waals surface area contributed by atoms with Crippen molar-refractivity contribution < 1.29 is 4.74 Å². The van der Waals surface area contributed by atoms with Gasteiger partial charge in [0, 0.05) is 58.0 Å². The smallest absolute Gasteiger partial charge is 0.0630 e. The van der Waals surface area contributed by atoms with E-state index >= 15 is 0 Å². The molecule has 0 spiro atoms. The maximum Gasteiger partial charge on any atom is 0.0630 e. The van der Waals surface area contributed by atoms with Crippen LogP contribution in [0.15, 0.2) is 0 Å². The van der Waals surface area contributed by atoms with E-state index < -0.39 is 0 Å². The van der Waals surface area contributed by atoms with Crippen molar-refractivity contribution in [3.05, 3.63) is 0 Å². The van der Waals surface area contributed by atoms with Gasteiger partial charge in [0.2, 0.25) is 0 Å². The molecule has 1 aliphatic heterocycles. The molecule has 0 radical (unpaired) electrons. The highest BCUT2D eigenvalue weighted by atomic mass is 16.5. The SMILES string of the molecule is COCC(CNC(C)C)N1CCN(C(C)C)CC1. The van der Waals surface area contributed by atoms with Gasteiger partial charge in [0.05, 0.1) is 6.61 Å². The van der Waals surface area contributed by atoms with E-state index in [-0.39, 0.29) is 0 Å². The van der Waals surface area contributed by atoms with Crippen molar-refractivity contribution in [2.45, 2.75) is 45.8 Å². The van der Waals surface area contributed by atoms with E-state index in [1.807, 2.05) is 0 Å². The fourth-order valence-electron chi connectivity index (χ4n) is 2.48. The molecular formula is C14H31N3O. The summed E-state index contributed by atoms with van der Waals surface area (Å²) in [6.07, 6.45) is 0. The molecule has 0 aromatic carbocycles. The minimum absolute atomic E-state index is 0.506. The predicted octanol–water partition coefficient (Wildman–Crippen LogP) is 1.03. The molecule has 0 aromatic heterocycles. The Balaban J connectivity index is 2.39. The summed E-state index contributed by atoms with van der Waals surface area (Å²) < 4.78 is 5.37. The fourth-order valence-corrected chi connectivity index (χ4v) is 2.48. The molecule has 0 amide bonds. The minimum Gasteiger partial charge on any atom is -0.383 e. The van der Waals surface area contributed by atoms with E-state index in [0.29, 0.717) is 18.1 Å². The molecule has 1 rings (SSSR count). The van der Waals surface area contributed by atoms with Crippen molar-refractivity contribution in [3.8, 4) is 0 Å². The van der Waals surface area contributed by atoms with E-state index in [9.17, 15) is 0 Å². The molecule has 0 aromatic rings. The summed E-state index contributed by atoms with van der Waals surface area (Å²) in [5.74, 6) is 0. The summed E-state index contributed by atoms with van der Waals surface area (Å²) >= 11 is 0. The molecule has 4 heteroatoms. The van der Waals surface area contributed by atoms with Gasteiger partial charge in [-0.15, -0.1) is 0 Å². The largest absolute Gasteiger partial charge is 0.383 e. The second kappa shape index (κ2) is 8.10. The first-order chi connectivity index (χ1) is 8.54. The molecule has 4 nitrogen and oxygen atoms in total. The van der Waals surface area contributed by atoms with Crippen molar-refractivity contribution >= 4 is 0 Å². The van der Waals surface area contributed by atoms with Gasteiger partial charge >= 0.3 is 0 Å². The van der Waals surface area contributed by atoms with Gasteiger partial charge in [0.1, 0.15) is 0 Å². The quantitative estimate of drug-likeness (QED) is 0.737. The van der Waals surface area contributed by atoms with Crippen molar-refractivity contribution in [1.82, 2.24) is 15.1 Å². The lowest BCUT2D eigenvalue weighted by Gasteiger charge is -2.40. The van der Waals surface area contributed by atoms with Gasteiger partial charge in [-0.3, -0.25) is 9.80 Å². The number of hydrogen-bond acceptors (Lipinski definition) is 4. The average molecular weight is 257 g/mol.